The highest BCUT2D eigenvalue weighted by Gasteiger charge is 2.64. The predicted molar refractivity (Wildman–Crippen MR) is 143 cm³/mol. The molecule has 1 saturated heterocycles. The summed E-state index contributed by atoms with van der Waals surface area (Å²) in [4.78, 5) is 42.4. The number of carbonyl (C=O) groups is 3. The van der Waals surface area contributed by atoms with Crippen molar-refractivity contribution in [1.29, 1.82) is 0 Å². The molecule has 1 aliphatic heterocycles. The first-order chi connectivity index (χ1) is 19.5. The molecule has 1 heterocycles. The van der Waals surface area contributed by atoms with E-state index in [1.807, 2.05) is 4.90 Å². The van der Waals surface area contributed by atoms with E-state index in [1.54, 1.807) is 0 Å². The van der Waals surface area contributed by atoms with Crippen LogP contribution in [0.25, 0.3) is 5.76 Å². The van der Waals surface area contributed by atoms with Gasteiger partial charge in [-0.25, -0.2) is 0 Å². The largest absolute Gasteiger partial charge is 0.508 e. The zero-order valence-corrected chi connectivity index (χ0v) is 23.5. The number of phenols is 1. The van der Waals surface area contributed by atoms with E-state index in [-0.39, 0.29) is 24.1 Å². The Kier molecular flexibility index (Phi) is 7.22. The molecule has 1 aromatic rings. The Bertz CT molecular complexity index is 1440. The molecule has 1 amide bonds. The van der Waals surface area contributed by atoms with E-state index in [2.05, 4.69) is 6.92 Å². The van der Waals surface area contributed by atoms with Crippen molar-refractivity contribution in [3.8, 4) is 5.75 Å². The second kappa shape index (κ2) is 10.1. The zero-order chi connectivity index (χ0) is 31.0. The maximum absolute atomic E-state index is 14.7. The van der Waals surface area contributed by atoms with E-state index in [0.717, 1.165) is 18.9 Å². The van der Waals surface area contributed by atoms with Gasteiger partial charge in [0.1, 0.15) is 22.8 Å². The van der Waals surface area contributed by atoms with Gasteiger partial charge in [0.05, 0.1) is 17.2 Å². The molecular formula is C29H34F3N3O7. The summed E-state index contributed by atoms with van der Waals surface area (Å²) in [5.41, 5.74) is -1.14. The van der Waals surface area contributed by atoms with Crippen LogP contribution >= 0.6 is 0 Å². The van der Waals surface area contributed by atoms with Crippen LogP contribution in [0.4, 0.5) is 13.2 Å². The van der Waals surface area contributed by atoms with Crippen molar-refractivity contribution in [1.82, 2.24) is 9.80 Å². The van der Waals surface area contributed by atoms with Gasteiger partial charge >= 0.3 is 6.18 Å². The third-order valence-corrected chi connectivity index (χ3v) is 9.36. The minimum atomic E-state index is -4.86. The van der Waals surface area contributed by atoms with E-state index in [1.165, 1.54) is 19.0 Å². The van der Waals surface area contributed by atoms with Gasteiger partial charge < -0.3 is 26.2 Å². The molecule has 0 unspecified atom stereocenters. The highest BCUT2D eigenvalue weighted by molar-refractivity contribution is 6.24. The number of Topliss-reactive ketones (excluding diaryl/α,β-unsaturated/α-hetero) is 2. The Morgan fingerprint density at radius 3 is 2.33 bits per heavy atom. The minimum absolute atomic E-state index is 0.0719. The van der Waals surface area contributed by atoms with Gasteiger partial charge in [-0.3, -0.25) is 24.2 Å². The van der Waals surface area contributed by atoms with Crippen LogP contribution in [0, 0.1) is 17.8 Å². The third-order valence-electron chi connectivity index (χ3n) is 9.36. The lowest BCUT2D eigenvalue weighted by Crippen LogP contribution is -2.65. The Balaban J connectivity index is 1.68. The van der Waals surface area contributed by atoms with Gasteiger partial charge in [-0.1, -0.05) is 6.92 Å². The third kappa shape index (κ3) is 4.40. The number of amides is 1. The second-order valence-corrected chi connectivity index (χ2v) is 12.2. The molecule has 4 aliphatic rings. The number of benzene rings is 1. The van der Waals surface area contributed by atoms with Crippen molar-refractivity contribution in [3.63, 3.8) is 0 Å². The van der Waals surface area contributed by atoms with E-state index in [9.17, 15) is 48.0 Å². The molecule has 5 rings (SSSR count). The van der Waals surface area contributed by atoms with E-state index >= 15 is 0 Å². The van der Waals surface area contributed by atoms with E-state index in [0.29, 0.717) is 19.0 Å². The first-order valence-corrected chi connectivity index (χ1v) is 13.8. The van der Waals surface area contributed by atoms with Crippen molar-refractivity contribution in [3.05, 3.63) is 45.2 Å². The summed E-state index contributed by atoms with van der Waals surface area (Å²) in [6.45, 7) is 3.19. The quantitative estimate of drug-likeness (QED) is 0.329. The molecule has 1 saturated carbocycles. The SMILES string of the molecule is CC1CCN(Cc2cc(O)c3c(c2C(F)(F)F)C[C@H]2C[C@H]4[C@H](N(C)C)C(=O)C(C(N)=O)=C(O)[C@@]4(O)C(=O)C2=C3O)CC1. The number of likely N-dealkylation sites (N-methyl/N-ethyl adjacent to an activating group) is 1. The molecule has 2 fully saturated rings. The molecular weight excluding hydrogens is 559 g/mol. The number of nitrogens with two attached hydrogens (primary N) is 1. The Morgan fingerprint density at radius 1 is 1.17 bits per heavy atom. The van der Waals surface area contributed by atoms with Gasteiger partial charge in [0.25, 0.3) is 5.91 Å². The van der Waals surface area contributed by atoms with Crippen LogP contribution in [-0.4, -0.2) is 86.5 Å². The van der Waals surface area contributed by atoms with Gasteiger partial charge in [-0.05, 0) is 81.9 Å². The van der Waals surface area contributed by atoms with Crippen LogP contribution in [-0.2, 0) is 33.5 Å². The number of aliphatic hydroxyl groups is 3. The number of halogens is 3. The molecule has 4 atom stereocenters. The fourth-order valence-electron chi connectivity index (χ4n) is 7.32. The number of alkyl halides is 3. The van der Waals surface area contributed by atoms with Crippen molar-refractivity contribution in [2.75, 3.05) is 27.2 Å². The highest BCUT2D eigenvalue weighted by atomic mass is 19.4. The molecule has 1 aromatic carbocycles. The zero-order valence-electron chi connectivity index (χ0n) is 23.5. The monoisotopic (exact) mass is 593 g/mol. The Morgan fingerprint density at radius 2 is 1.79 bits per heavy atom. The minimum Gasteiger partial charge on any atom is -0.508 e. The number of nitrogens with zero attached hydrogens (tertiary/aromatic N) is 2. The number of rotatable bonds is 4. The Labute approximate surface area is 239 Å². The number of ketones is 2. The summed E-state index contributed by atoms with van der Waals surface area (Å²) >= 11 is 0. The summed E-state index contributed by atoms with van der Waals surface area (Å²) in [5.74, 6) is -8.48. The maximum atomic E-state index is 14.7. The molecule has 13 heteroatoms. The molecule has 0 bridgehead atoms. The summed E-state index contributed by atoms with van der Waals surface area (Å²) in [5, 5.41) is 44.7. The van der Waals surface area contributed by atoms with Crippen LogP contribution in [0.3, 0.4) is 0 Å². The maximum Gasteiger partial charge on any atom is 0.417 e. The van der Waals surface area contributed by atoms with Gasteiger partial charge in [-0.15, -0.1) is 0 Å². The number of hydrogen-bond acceptors (Lipinski definition) is 9. The first-order valence-electron chi connectivity index (χ1n) is 13.8. The molecule has 42 heavy (non-hydrogen) atoms. The summed E-state index contributed by atoms with van der Waals surface area (Å²) < 4.78 is 44.1. The molecule has 3 aliphatic carbocycles. The summed E-state index contributed by atoms with van der Waals surface area (Å²) in [7, 11) is 2.89. The smallest absolute Gasteiger partial charge is 0.417 e. The van der Waals surface area contributed by atoms with Crippen molar-refractivity contribution < 1.29 is 48.0 Å². The fourth-order valence-corrected chi connectivity index (χ4v) is 7.32. The van der Waals surface area contributed by atoms with Gasteiger partial charge in [0, 0.05) is 18.0 Å². The topological polar surface area (TPSA) is 165 Å². The normalized spacial score (nSPS) is 29.1. The lowest BCUT2D eigenvalue weighted by atomic mass is 9.57. The summed E-state index contributed by atoms with van der Waals surface area (Å²) in [6, 6.07) is -0.378. The average molecular weight is 594 g/mol. The fraction of sp³-hybridized carbons (Fsp3) is 0.552. The van der Waals surface area contributed by atoms with Crippen LogP contribution in [0.5, 0.6) is 5.75 Å². The van der Waals surface area contributed by atoms with E-state index < -0.39 is 93.1 Å². The van der Waals surface area contributed by atoms with Crippen LogP contribution < -0.4 is 5.73 Å². The molecule has 228 valence electrons. The number of likely N-dealkylation sites (tertiary alicyclic amines) is 1. The van der Waals surface area contributed by atoms with Crippen LogP contribution in [0.2, 0.25) is 0 Å². The summed E-state index contributed by atoms with van der Waals surface area (Å²) in [6.07, 6.45) is -3.94. The van der Waals surface area contributed by atoms with Crippen molar-refractivity contribution >= 4 is 23.2 Å². The lowest BCUT2D eigenvalue weighted by Gasteiger charge is -2.50. The van der Waals surface area contributed by atoms with E-state index in [4.69, 9.17) is 5.73 Å². The number of fused-ring (bicyclic) bond motifs is 3. The number of phenolic OH excluding ortho intramolecular Hbond substituents is 1. The van der Waals surface area contributed by atoms with Crippen molar-refractivity contribution in [2.45, 2.75) is 57.0 Å². The first kappa shape index (κ1) is 30.1. The molecule has 10 nitrogen and oxygen atoms in total. The number of aliphatic hydroxyl groups excluding tert-OH is 2. The van der Waals surface area contributed by atoms with Crippen LogP contribution in [0.1, 0.15) is 48.4 Å². The highest BCUT2D eigenvalue weighted by Crippen LogP contribution is 2.54. The Hall–Kier alpha value is -3.42. The van der Waals surface area contributed by atoms with Crippen LogP contribution in [0.15, 0.2) is 23.0 Å². The molecule has 0 aromatic heterocycles. The lowest BCUT2D eigenvalue weighted by molar-refractivity contribution is -0.153. The molecule has 0 radical (unpaired) electrons. The van der Waals surface area contributed by atoms with Gasteiger partial charge in [-0.2, -0.15) is 13.2 Å². The van der Waals surface area contributed by atoms with Gasteiger partial charge in [0.2, 0.25) is 5.78 Å². The van der Waals surface area contributed by atoms with Gasteiger partial charge in [0.15, 0.2) is 11.4 Å². The molecule has 6 N–H and O–H groups in total. The number of carbonyl (C=O) groups excluding carboxylic acids is 3. The predicted octanol–water partition coefficient (Wildman–Crippen LogP) is 2.21. The number of piperidine rings is 1. The average Bonchev–Trinajstić information content (AvgIpc) is 2.86. The second-order valence-electron chi connectivity index (χ2n) is 12.2. The molecule has 0 spiro atoms. The number of aromatic hydroxyl groups is 1. The van der Waals surface area contributed by atoms with Crippen molar-refractivity contribution in [2.24, 2.45) is 23.5 Å². The number of primary amides is 1. The standard InChI is InChI=1S/C29H34F3N3O7/c1-12-4-6-35(7-5-12)11-14-10-17(36)19-15(21(14)29(30,31)32)8-13-9-16-22(34(2)3)24(38)20(27(33)41)26(40)28(16,42)25(39)18(13)23(19)37/h10,12-13,16,22,36-37,40,42H,4-9,11H2,1-3H3,(H2,33,41)/t13-,16-,22-,28-/m0/s1. The number of hydrogen-bond donors (Lipinski definition) is 5.